The van der Waals surface area contributed by atoms with Gasteiger partial charge in [0.1, 0.15) is 19.3 Å². The van der Waals surface area contributed by atoms with Crippen LogP contribution in [0.4, 0.5) is 0 Å². The van der Waals surface area contributed by atoms with Gasteiger partial charge in [-0.3, -0.25) is 9.36 Å². The molecule has 0 aliphatic carbocycles. The number of carbonyl (C=O) groups excluding carboxylic acids is 1. The number of quaternary nitrogens is 1. The van der Waals surface area contributed by atoms with E-state index in [9.17, 15) is 14.3 Å². The number of nitrogens with zero attached hydrogens (tertiary/aromatic N) is 1. The van der Waals surface area contributed by atoms with E-state index in [1.165, 1.54) is 103 Å². The van der Waals surface area contributed by atoms with Crippen LogP contribution >= 0.6 is 7.82 Å². The van der Waals surface area contributed by atoms with E-state index in [1.54, 1.807) is 0 Å². The topological polar surface area (TPSA) is 94.1 Å². The maximum absolute atomic E-state index is 12.8. The Kier molecular flexibility index (Phi) is 46.4. The van der Waals surface area contributed by atoms with Gasteiger partial charge in [-0.1, -0.05) is 195 Å². The van der Waals surface area contributed by atoms with Crippen molar-refractivity contribution in [3.05, 3.63) is 85.1 Å². The average molecular weight is 930 g/mol. The van der Waals surface area contributed by atoms with Gasteiger partial charge in [0.25, 0.3) is 7.82 Å². The molecule has 9 heteroatoms. The summed E-state index contributed by atoms with van der Waals surface area (Å²) in [4.78, 5) is 25.2. The Bertz CT molecular complexity index is 1310. The van der Waals surface area contributed by atoms with Crippen LogP contribution in [0.25, 0.3) is 0 Å². The fraction of sp³-hybridized carbons (Fsp3) is 0.732. The van der Waals surface area contributed by atoms with Crippen molar-refractivity contribution in [3.8, 4) is 0 Å². The van der Waals surface area contributed by atoms with Gasteiger partial charge in [-0.2, -0.15) is 0 Å². The van der Waals surface area contributed by atoms with E-state index in [1.807, 2.05) is 21.1 Å². The molecule has 0 aliphatic heterocycles. The first-order chi connectivity index (χ1) is 31.6. The molecule has 2 unspecified atom stereocenters. The van der Waals surface area contributed by atoms with Gasteiger partial charge in [0, 0.05) is 13.0 Å². The predicted octanol–water partition coefficient (Wildman–Crippen LogP) is 15.8. The van der Waals surface area contributed by atoms with Crippen molar-refractivity contribution in [3.63, 3.8) is 0 Å². The second kappa shape index (κ2) is 48.1. The lowest BCUT2D eigenvalue weighted by Gasteiger charge is -2.28. The highest BCUT2D eigenvalue weighted by Crippen LogP contribution is 2.38. The van der Waals surface area contributed by atoms with Gasteiger partial charge in [-0.25, -0.2) is 0 Å². The average Bonchev–Trinajstić information content (AvgIpc) is 3.27. The van der Waals surface area contributed by atoms with Gasteiger partial charge >= 0.3 is 5.97 Å². The summed E-state index contributed by atoms with van der Waals surface area (Å²) in [5.41, 5.74) is 0. The first kappa shape index (κ1) is 62.7. The van der Waals surface area contributed by atoms with Crippen LogP contribution in [0, 0.1) is 0 Å². The predicted molar refractivity (Wildman–Crippen MR) is 277 cm³/mol. The quantitative estimate of drug-likeness (QED) is 0.0197. The van der Waals surface area contributed by atoms with Crippen LogP contribution < -0.4 is 4.89 Å². The van der Waals surface area contributed by atoms with Crippen molar-refractivity contribution >= 4 is 13.8 Å². The highest BCUT2D eigenvalue weighted by atomic mass is 31.2. The largest absolute Gasteiger partial charge is 0.756 e. The third-order valence-corrected chi connectivity index (χ3v) is 11.9. The molecule has 2 atom stereocenters. The minimum absolute atomic E-state index is 0.0183. The molecule has 0 bridgehead atoms. The van der Waals surface area contributed by atoms with E-state index in [-0.39, 0.29) is 25.8 Å². The standard InChI is InChI=1S/C56H100NO7P/c1-6-8-10-12-14-16-18-20-22-24-26-27-28-29-30-31-32-33-35-37-39-41-43-45-47-49-56(58)64-55(54-63-65(59,60)62-52-50-57(3,4)5)53-61-51-48-46-44-42-40-38-36-34-25-23-21-19-17-15-13-11-9-7-2/h8,10,14,16,20-23,26-27,29-30,32-33,55H,6-7,9,11-13,15,17-19,24-25,28,31,34-54H2,1-5H3/b10-8-,16-14-,22-20-,23-21-,27-26-,30-29-,33-32-. The lowest BCUT2D eigenvalue weighted by atomic mass is 10.1. The molecule has 0 spiro atoms. The molecule has 0 aliphatic rings. The van der Waals surface area contributed by atoms with Gasteiger partial charge < -0.3 is 27.9 Å². The Morgan fingerprint density at radius 1 is 0.492 bits per heavy atom. The van der Waals surface area contributed by atoms with E-state index < -0.39 is 13.9 Å². The second-order valence-electron chi connectivity index (χ2n) is 18.5. The number of allylic oxidation sites excluding steroid dienone is 14. The molecular formula is C56H100NO7P. The summed E-state index contributed by atoms with van der Waals surface area (Å²) < 4.78 is 34.7. The molecule has 0 saturated carbocycles. The maximum Gasteiger partial charge on any atom is 0.306 e. The third-order valence-electron chi connectivity index (χ3n) is 10.9. The molecule has 0 fully saturated rings. The molecule has 0 heterocycles. The number of unbranched alkanes of at least 4 members (excludes halogenated alkanes) is 20. The van der Waals surface area contributed by atoms with Crippen molar-refractivity contribution in [2.75, 3.05) is 54.1 Å². The monoisotopic (exact) mass is 930 g/mol. The van der Waals surface area contributed by atoms with Crippen molar-refractivity contribution < 1.29 is 37.3 Å². The zero-order valence-electron chi connectivity index (χ0n) is 42.7. The van der Waals surface area contributed by atoms with Crippen molar-refractivity contribution in [2.24, 2.45) is 0 Å². The molecule has 0 rings (SSSR count). The summed E-state index contributed by atoms with van der Waals surface area (Å²) >= 11 is 0. The Morgan fingerprint density at radius 2 is 0.892 bits per heavy atom. The van der Waals surface area contributed by atoms with E-state index >= 15 is 0 Å². The molecule has 0 aromatic rings. The van der Waals surface area contributed by atoms with Gasteiger partial charge in [0.15, 0.2) is 0 Å². The summed E-state index contributed by atoms with van der Waals surface area (Å²) in [6, 6.07) is 0. The molecule has 0 N–H and O–H groups in total. The van der Waals surface area contributed by atoms with E-state index in [4.69, 9.17) is 18.5 Å². The van der Waals surface area contributed by atoms with E-state index in [0.29, 0.717) is 24.1 Å². The summed E-state index contributed by atoms with van der Waals surface area (Å²) in [5, 5.41) is 0. The van der Waals surface area contributed by atoms with Crippen molar-refractivity contribution in [2.45, 2.75) is 213 Å². The number of phosphoric acid groups is 1. The van der Waals surface area contributed by atoms with E-state index in [0.717, 1.165) is 83.5 Å². The van der Waals surface area contributed by atoms with Crippen LogP contribution in [0.1, 0.15) is 206 Å². The SMILES string of the molecule is CC/C=C\C/C=C\C/C=C\C/C=C\C/C=C\C/C=C\CCCCCCCCC(=O)OC(COCCCCCCCCCC/C=C\CCCCCCCC)COP(=O)([O-])OCC[N+](C)(C)C. The number of hydrogen-bond donors (Lipinski definition) is 0. The lowest BCUT2D eigenvalue weighted by molar-refractivity contribution is -0.870. The number of rotatable bonds is 48. The Hall–Kier alpha value is -2.32. The van der Waals surface area contributed by atoms with Crippen molar-refractivity contribution in [1.29, 1.82) is 0 Å². The first-order valence-electron chi connectivity index (χ1n) is 26.3. The van der Waals surface area contributed by atoms with Crippen LogP contribution in [-0.2, 0) is 27.9 Å². The molecular weight excluding hydrogens is 830 g/mol. The van der Waals surface area contributed by atoms with E-state index in [2.05, 4.69) is 98.9 Å². The number of hydrogen-bond acceptors (Lipinski definition) is 7. The smallest absolute Gasteiger partial charge is 0.306 e. The fourth-order valence-electron chi connectivity index (χ4n) is 6.90. The zero-order valence-corrected chi connectivity index (χ0v) is 43.6. The number of likely N-dealkylation sites (N-methyl/N-ethyl adjacent to an activating group) is 1. The number of ether oxygens (including phenoxy) is 2. The molecule has 0 aromatic carbocycles. The molecule has 0 aromatic heterocycles. The lowest BCUT2D eigenvalue weighted by Crippen LogP contribution is -2.37. The number of esters is 1. The van der Waals surface area contributed by atoms with Crippen LogP contribution in [-0.4, -0.2) is 70.7 Å². The van der Waals surface area contributed by atoms with Crippen LogP contribution in [0.15, 0.2) is 85.1 Å². The fourth-order valence-corrected chi connectivity index (χ4v) is 7.63. The minimum atomic E-state index is -4.54. The number of carbonyl (C=O) groups is 1. The molecule has 65 heavy (non-hydrogen) atoms. The minimum Gasteiger partial charge on any atom is -0.756 e. The second-order valence-corrected chi connectivity index (χ2v) is 19.9. The van der Waals surface area contributed by atoms with Gasteiger partial charge in [0.2, 0.25) is 0 Å². The van der Waals surface area contributed by atoms with Crippen LogP contribution in [0.5, 0.6) is 0 Å². The van der Waals surface area contributed by atoms with Crippen molar-refractivity contribution in [1.82, 2.24) is 0 Å². The van der Waals surface area contributed by atoms with Crippen LogP contribution in [0.2, 0.25) is 0 Å². The Balaban J connectivity index is 4.20. The first-order valence-corrected chi connectivity index (χ1v) is 27.8. The van der Waals surface area contributed by atoms with Gasteiger partial charge in [0.05, 0.1) is 34.4 Å². The maximum atomic E-state index is 12.8. The summed E-state index contributed by atoms with van der Waals surface area (Å²) in [6.45, 7) is 5.27. The highest BCUT2D eigenvalue weighted by Gasteiger charge is 2.20. The molecule has 0 saturated heterocycles. The molecule has 376 valence electrons. The zero-order chi connectivity index (χ0) is 47.6. The summed E-state index contributed by atoms with van der Waals surface area (Å²) in [5.74, 6) is -0.351. The normalized spacial score (nSPS) is 14.2. The van der Waals surface area contributed by atoms with Gasteiger partial charge in [-0.15, -0.1) is 0 Å². The summed E-state index contributed by atoms with van der Waals surface area (Å²) in [6.07, 6.45) is 64.6. The molecule has 0 amide bonds. The summed E-state index contributed by atoms with van der Waals surface area (Å²) in [7, 11) is 1.33. The molecule has 0 radical (unpaired) electrons. The Labute approximate surface area is 401 Å². The Morgan fingerprint density at radius 3 is 1.35 bits per heavy atom. The third kappa shape index (κ3) is 52.5. The molecule has 8 nitrogen and oxygen atoms in total. The van der Waals surface area contributed by atoms with Crippen LogP contribution in [0.3, 0.4) is 0 Å². The highest BCUT2D eigenvalue weighted by molar-refractivity contribution is 7.45. The van der Waals surface area contributed by atoms with Gasteiger partial charge in [-0.05, 0) is 89.9 Å². The number of phosphoric ester groups is 1.